The Morgan fingerprint density at radius 3 is 2.77 bits per heavy atom. The van der Waals surface area contributed by atoms with Crippen molar-refractivity contribution in [2.75, 3.05) is 0 Å². The number of hydroxylamine groups is 2. The molecule has 0 fully saturated rings. The number of hydrogen-bond donors (Lipinski definition) is 1. The number of thioether (sulfide) groups is 1. The maximum atomic E-state index is 9.38. The zero-order valence-electron chi connectivity index (χ0n) is 8.03. The fourth-order valence-electron chi connectivity index (χ4n) is 1.91. The first-order valence-electron chi connectivity index (χ1n) is 4.35. The van der Waals surface area contributed by atoms with E-state index < -0.39 is 0 Å². The highest BCUT2D eigenvalue weighted by Crippen LogP contribution is 2.45. The molecule has 2 aliphatic rings. The largest absolute Gasteiger partial charge is 0.285 e. The Hall–Kier alpha value is -0.670. The Balaban J connectivity index is 2.49. The van der Waals surface area contributed by atoms with Gasteiger partial charge in [0.1, 0.15) is 0 Å². The molecule has 0 saturated heterocycles. The number of nitrogens with zero attached hydrogens (tertiary/aromatic N) is 1. The molecular formula is C10H13NOS. The summed E-state index contributed by atoms with van der Waals surface area (Å²) in [7, 11) is 0. The van der Waals surface area contributed by atoms with E-state index in [0.717, 1.165) is 10.6 Å². The lowest BCUT2D eigenvalue weighted by Gasteiger charge is -2.20. The van der Waals surface area contributed by atoms with Crippen LogP contribution in [0.5, 0.6) is 0 Å². The zero-order chi connectivity index (χ0) is 9.59. The molecule has 3 heteroatoms. The number of fused-ring (bicyclic) bond motifs is 1. The van der Waals surface area contributed by atoms with Gasteiger partial charge < -0.3 is 0 Å². The van der Waals surface area contributed by atoms with Crippen LogP contribution in [0.2, 0.25) is 0 Å². The molecule has 0 spiro atoms. The quantitative estimate of drug-likeness (QED) is 0.643. The summed E-state index contributed by atoms with van der Waals surface area (Å²) in [5, 5.41) is 11.0. The first-order valence-corrected chi connectivity index (χ1v) is 5.23. The summed E-state index contributed by atoms with van der Waals surface area (Å²) in [5.74, 6) is 0. The predicted molar refractivity (Wildman–Crippen MR) is 55.2 cm³/mol. The fraction of sp³-hybridized carbons (Fsp3) is 0.400. The van der Waals surface area contributed by atoms with Gasteiger partial charge in [0.25, 0.3) is 0 Å². The van der Waals surface area contributed by atoms with Crippen LogP contribution in [0.1, 0.15) is 20.8 Å². The van der Waals surface area contributed by atoms with E-state index in [1.807, 2.05) is 18.7 Å². The molecule has 0 saturated carbocycles. The van der Waals surface area contributed by atoms with Gasteiger partial charge in [-0.25, -0.2) is 5.06 Å². The monoisotopic (exact) mass is 195 g/mol. The van der Waals surface area contributed by atoms with Crippen molar-refractivity contribution in [3.05, 3.63) is 34.0 Å². The maximum Gasteiger partial charge on any atom is 0.0374 e. The third-order valence-corrected chi connectivity index (χ3v) is 3.59. The number of rotatable bonds is 0. The maximum absolute atomic E-state index is 9.38. The summed E-state index contributed by atoms with van der Waals surface area (Å²) in [5.41, 5.74) is 3.71. The van der Waals surface area contributed by atoms with Gasteiger partial charge in [-0.1, -0.05) is 0 Å². The number of allylic oxidation sites excluding steroid dienone is 3. The molecule has 2 nitrogen and oxygen atoms in total. The lowest BCUT2D eigenvalue weighted by atomic mass is 9.96. The highest BCUT2D eigenvalue weighted by Gasteiger charge is 2.28. The highest BCUT2D eigenvalue weighted by atomic mass is 32.2. The molecule has 2 rings (SSSR count). The smallest absolute Gasteiger partial charge is 0.0374 e. The molecule has 2 aliphatic heterocycles. The molecule has 0 aromatic rings. The summed E-state index contributed by atoms with van der Waals surface area (Å²) < 4.78 is 0. The minimum Gasteiger partial charge on any atom is -0.285 e. The topological polar surface area (TPSA) is 23.5 Å². The van der Waals surface area contributed by atoms with Gasteiger partial charge in [0.2, 0.25) is 0 Å². The standard InChI is InChI=1S/C10H13NOS/c1-6-4-11(12)5-9-7(2)13-8(3)10(6)9/h4-5,7,12H,1-3H3. The van der Waals surface area contributed by atoms with Crippen LogP contribution in [-0.2, 0) is 0 Å². The van der Waals surface area contributed by atoms with E-state index in [9.17, 15) is 5.21 Å². The zero-order valence-corrected chi connectivity index (χ0v) is 8.85. The van der Waals surface area contributed by atoms with Crippen molar-refractivity contribution < 1.29 is 5.21 Å². The molecule has 0 aromatic carbocycles. The molecule has 1 N–H and O–H groups in total. The summed E-state index contributed by atoms with van der Waals surface area (Å²) in [6.07, 6.45) is 3.55. The van der Waals surface area contributed by atoms with Crippen LogP contribution >= 0.6 is 11.8 Å². The molecule has 0 amide bonds. The van der Waals surface area contributed by atoms with E-state index in [1.165, 1.54) is 16.1 Å². The van der Waals surface area contributed by atoms with Crippen molar-refractivity contribution in [2.24, 2.45) is 0 Å². The van der Waals surface area contributed by atoms with E-state index in [-0.39, 0.29) is 0 Å². The Morgan fingerprint density at radius 2 is 2.08 bits per heavy atom. The third kappa shape index (κ3) is 1.32. The van der Waals surface area contributed by atoms with Crippen LogP contribution in [0.15, 0.2) is 34.0 Å². The van der Waals surface area contributed by atoms with Gasteiger partial charge in [-0.3, -0.25) is 5.21 Å². The highest BCUT2D eigenvalue weighted by molar-refractivity contribution is 8.04. The molecule has 13 heavy (non-hydrogen) atoms. The average molecular weight is 195 g/mol. The summed E-state index contributed by atoms with van der Waals surface area (Å²) in [4.78, 5) is 1.36. The van der Waals surface area contributed by atoms with Gasteiger partial charge >= 0.3 is 0 Å². The van der Waals surface area contributed by atoms with E-state index in [4.69, 9.17) is 0 Å². The average Bonchev–Trinajstić information content (AvgIpc) is 2.27. The first kappa shape index (κ1) is 8.91. The van der Waals surface area contributed by atoms with Gasteiger partial charge in [0.15, 0.2) is 0 Å². The van der Waals surface area contributed by atoms with Crippen molar-refractivity contribution in [2.45, 2.75) is 26.0 Å². The van der Waals surface area contributed by atoms with Gasteiger partial charge in [-0.15, -0.1) is 11.8 Å². The van der Waals surface area contributed by atoms with Gasteiger partial charge in [-0.05, 0) is 42.4 Å². The van der Waals surface area contributed by atoms with Gasteiger partial charge in [-0.2, -0.15) is 0 Å². The molecule has 0 radical (unpaired) electrons. The lowest BCUT2D eigenvalue weighted by molar-refractivity contribution is 0.00856. The first-order chi connectivity index (χ1) is 6.09. The second kappa shape index (κ2) is 2.93. The minimum absolute atomic E-state index is 0.466. The van der Waals surface area contributed by atoms with E-state index in [1.54, 1.807) is 12.4 Å². The van der Waals surface area contributed by atoms with E-state index in [0.29, 0.717) is 5.25 Å². The van der Waals surface area contributed by atoms with Gasteiger partial charge in [0, 0.05) is 17.6 Å². The molecule has 2 heterocycles. The normalized spacial score (nSPS) is 27.4. The van der Waals surface area contributed by atoms with E-state index >= 15 is 0 Å². The van der Waals surface area contributed by atoms with Crippen molar-refractivity contribution in [1.29, 1.82) is 0 Å². The second-order valence-corrected chi connectivity index (χ2v) is 5.02. The number of hydrogen-bond acceptors (Lipinski definition) is 3. The fourth-order valence-corrected chi connectivity index (χ4v) is 3.14. The van der Waals surface area contributed by atoms with Crippen LogP contribution in [-0.4, -0.2) is 15.5 Å². The van der Waals surface area contributed by atoms with Crippen LogP contribution in [0.3, 0.4) is 0 Å². The molecule has 0 aliphatic carbocycles. The Morgan fingerprint density at radius 1 is 1.38 bits per heavy atom. The van der Waals surface area contributed by atoms with Crippen molar-refractivity contribution in [3.8, 4) is 0 Å². The Kier molecular flexibility index (Phi) is 2.00. The van der Waals surface area contributed by atoms with Crippen LogP contribution in [0.4, 0.5) is 0 Å². The van der Waals surface area contributed by atoms with Crippen molar-refractivity contribution >= 4 is 11.8 Å². The van der Waals surface area contributed by atoms with Crippen LogP contribution in [0, 0.1) is 0 Å². The Bertz CT molecular complexity index is 341. The van der Waals surface area contributed by atoms with Crippen LogP contribution in [0.25, 0.3) is 0 Å². The molecule has 1 atom stereocenters. The molecule has 0 bridgehead atoms. The van der Waals surface area contributed by atoms with Crippen molar-refractivity contribution in [3.63, 3.8) is 0 Å². The summed E-state index contributed by atoms with van der Waals surface area (Å²) >= 11 is 1.86. The lowest BCUT2D eigenvalue weighted by Crippen LogP contribution is -2.13. The predicted octanol–water partition coefficient (Wildman–Crippen LogP) is 2.89. The molecule has 0 aromatic heterocycles. The third-order valence-electron chi connectivity index (χ3n) is 2.42. The molecule has 1 unspecified atom stereocenters. The SMILES string of the molecule is CC1=CN(O)C=C2C1=C(C)SC2C. The van der Waals surface area contributed by atoms with Gasteiger partial charge in [0.05, 0.1) is 0 Å². The second-order valence-electron chi connectivity index (χ2n) is 3.47. The summed E-state index contributed by atoms with van der Waals surface area (Å²) in [6, 6.07) is 0. The van der Waals surface area contributed by atoms with E-state index in [2.05, 4.69) is 13.8 Å². The molecule has 70 valence electrons. The minimum atomic E-state index is 0.466. The molecular weight excluding hydrogens is 182 g/mol. The Labute approximate surface area is 82.6 Å². The van der Waals surface area contributed by atoms with Crippen LogP contribution < -0.4 is 0 Å². The summed E-state index contributed by atoms with van der Waals surface area (Å²) in [6.45, 7) is 6.34. The van der Waals surface area contributed by atoms with Crippen molar-refractivity contribution in [1.82, 2.24) is 5.06 Å².